The topological polar surface area (TPSA) is 117 Å². The number of fused-ring (bicyclic) bond motifs is 1. The summed E-state index contributed by atoms with van der Waals surface area (Å²) < 4.78 is 38.6. The van der Waals surface area contributed by atoms with Crippen molar-refractivity contribution in [1.29, 1.82) is 0 Å². The summed E-state index contributed by atoms with van der Waals surface area (Å²) in [5, 5.41) is 5.66. The summed E-state index contributed by atoms with van der Waals surface area (Å²) in [6, 6.07) is 11.6. The van der Waals surface area contributed by atoms with Gasteiger partial charge in [0.1, 0.15) is 13.2 Å². The van der Waals surface area contributed by atoms with E-state index in [2.05, 4.69) is 10.6 Å². The van der Waals surface area contributed by atoms with Crippen molar-refractivity contribution >= 4 is 33.3 Å². The van der Waals surface area contributed by atoms with Crippen LogP contribution in [-0.4, -0.2) is 64.1 Å². The molecule has 3 aliphatic rings. The molecule has 3 amide bonds. The molecule has 11 heteroatoms. The summed E-state index contributed by atoms with van der Waals surface area (Å²) in [6.45, 7) is 2.57. The maximum atomic E-state index is 13.1. The second-order valence-corrected chi connectivity index (χ2v) is 10.3. The van der Waals surface area contributed by atoms with Crippen LogP contribution in [0.1, 0.15) is 12.8 Å². The van der Waals surface area contributed by atoms with E-state index >= 15 is 0 Å². The van der Waals surface area contributed by atoms with Crippen LogP contribution in [-0.2, 0) is 14.8 Å². The molecule has 0 atom stereocenters. The highest BCUT2D eigenvalue weighted by atomic mass is 32.2. The molecule has 10 nitrogen and oxygen atoms in total. The maximum Gasteiger partial charge on any atom is 0.321 e. The molecule has 0 aliphatic carbocycles. The molecule has 0 saturated carbocycles. The van der Waals surface area contributed by atoms with Crippen molar-refractivity contribution < 1.29 is 27.5 Å². The number of hydrogen-bond donors (Lipinski definition) is 2. The Kier molecular flexibility index (Phi) is 6.05. The lowest BCUT2D eigenvalue weighted by atomic mass is 9.97. The fourth-order valence-electron chi connectivity index (χ4n) is 4.38. The highest BCUT2D eigenvalue weighted by Crippen LogP contribution is 2.34. The Morgan fingerprint density at radius 3 is 2.35 bits per heavy atom. The zero-order chi connectivity index (χ0) is 23.7. The molecule has 2 aromatic rings. The van der Waals surface area contributed by atoms with Crippen molar-refractivity contribution in [2.75, 3.05) is 49.6 Å². The Bertz CT molecular complexity index is 1190. The zero-order valence-corrected chi connectivity index (χ0v) is 19.3. The second kappa shape index (κ2) is 9.15. The van der Waals surface area contributed by atoms with Crippen LogP contribution >= 0.6 is 0 Å². The van der Waals surface area contributed by atoms with Gasteiger partial charge in [-0.2, -0.15) is 4.31 Å². The van der Waals surface area contributed by atoms with Crippen LogP contribution in [0.4, 0.5) is 16.2 Å². The normalized spacial score (nSPS) is 19.1. The number of hydrogen-bond acceptors (Lipinski definition) is 6. The summed E-state index contributed by atoms with van der Waals surface area (Å²) in [5.74, 6) is 0.550. The van der Waals surface area contributed by atoms with Gasteiger partial charge in [-0.3, -0.25) is 9.69 Å². The number of ether oxygens (including phenoxy) is 2. The van der Waals surface area contributed by atoms with Gasteiger partial charge in [0.05, 0.1) is 4.90 Å². The number of carbonyl (C=O) groups is 2. The Hall–Kier alpha value is -3.31. The van der Waals surface area contributed by atoms with Gasteiger partial charge < -0.3 is 20.1 Å². The quantitative estimate of drug-likeness (QED) is 0.668. The number of anilines is 2. The molecule has 180 valence electrons. The lowest BCUT2D eigenvalue weighted by Gasteiger charge is -2.31. The van der Waals surface area contributed by atoms with E-state index in [4.69, 9.17) is 9.47 Å². The van der Waals surface area contributed by atoms with Crippen molar-refractivity contribution in [3.63, 3.8) is 0 Å². The number of sulfonamides is 1. The van der Waals surface area contributed by atoms with Gasteiger partial charge in [-0.25, -0.2) is 13.2 Å². The summed E-state index contributed by atoms with van der Waals surface area (Å²) in [4.78, 5) is 26.3. The number of piperidine rings is 1. The summed E-state index contributed by atoms with van der Waals surface area (Å²) in [5.41, 5.74) is 1.41. The first-order valence-electron chi connectivity index (χ1n) is 11.3. The fourth-order valence-corrected chi connectivity index (χ4v) is 5.86. The van der Waals surface area contributed by atoms with Crippen LogP contribution in [0.25, 0.3) is 0 Å². The van der Waals surface area contributed by atoms with Gasteiger partial charge in [-0.1, -0.05) is 0 Å². The van der Waals surface area contributed by atoms with Crippen molar-refractivity contribution in [2.24, 2.45) is 5.92 Å². The van der Waals surface area contributed by atoms with Crippen LogP contribution in [0, 0.1) is 5.92 Å². The number of nitrogens with one attached hydrogen (secondary N) is 2. The lowest BCUT2D eigenvalue weighted by Crippen LogP contribution is -2.41. The lowest BCUT2D eigenvalue weighted by molar-refractivity contribution is -0.120. The average Bonchev–Trinajstić information content (AvgIpc) is 3.30. The summed E-state index contributed by atoms with van der Waals surface area (Å²) >= 11 is 0. The fraction of sp³-hybridized carbons (Fsp3) is 0.391. The van der Waals surface area contributed by atoms with E-state index in [0.29, 0.717) is 56.3 Å². The molecule has 0 spiro atoms. The van der Waals surface area contributed by atoms with E-state index in [9.17, 15) is 18.0 Å². The van der Waals surface area contributed by atoms with Crippen LogP contribution in [0.15, 0.2) is 47.4 Å². The SMILES string of the molecule is O=C(Nc1ccc(N2CCNC2=O)cc1)C1CCN(S(=O)(=O)c2ccc3c(c2)OCCO3)CC1. The van der Waals surface area contributed by atoms with E-state index < -0.39 is 10.0 Å². The highest BCUT2D eigenvalue weighted by molar-refractivity contribution is 7.89. The van der Waals surface area contributed by atoms with Gasteiger partial charge in [-0.05, 0) is 49.2 Å². The third kappa shape index (κ3) is 4.40. The minimum absolute atomic E-state index is 0.130. The predicted molar refractivity (Wildman–Crippen MR) is 125 cm³/mol. The minimum atomic E-state index is -3.69. The molecule has 0 unspecified atom stereocenters. The Morgan fingerprint density at radius 1 is 0.971 bits per heavy atom. The van der Waals surface area contributed by atoms with Gasteiger partial charge in [-0.15, -0.1) is 0 Å². The molecule has 2 saturated heterocycles. The molecule has 2 N–H and O–H groups in total. The van der Waals surface area contributed by atoms with Crippen LogP contribution < -0.4 is 25.0 Å². The van der Waals surface area contributed by atoms with Gasteiger partial charge in [0.2, 0.25) is 15.9 Å². The molecule has 2 fully saturated rings. The van der Waals surface area contributed by atoms with Crippen molar-refractivity contribution in [3.8, 4) is 11.5 Å². The van der Waals surface area contributed by atoms with Crippen molar-refractivity contribution in [2.45, 2.75) is 17.7 Å². The molecule has 2 aromatic carbocycles. The van der Waals surface area contributed by atoms with Crippen LogP contribution in [0.2, 0.25) is 0 Å². The third-order valence-corrected chi connectivity index (χ3v) is 8.17. The van der Waals surface area contributed by atoms with E-state index in [-0.39, 0.29) is 35.8 Å². The van der Waals surface area contributed by atoms with Gasteiger partial charge in [0, 0.05) is 49.5 Å². The molecular weight excluding hydrogens is 460 g/mol. The molecule has 34 heavy (non-hydrogen) atoms. The smallest absolute Gasteiger partial charge is 0.321 e. The minimum Gasteiger partial charge on any atom is -0.486 e. The number of carbonyl (C=O) groups excluding carboxylic acids is 2. The first kappa shape index (κ1) is 22.5. The first-order chi connectivity index (χ1) is 16.4. The van der Waals surface area contributed by atoms with E-state index in [1.165, 1.54) is 16.4 Å². The number of rotatable bonds is 5. The van der Waals surface area contributed by atoms with E-state index in [1.807, 2.05) is 0 Å². The molecular formula is C23H26N4O6S. The molecule has 3 heterocycles. The molecule has 3 aliphatic heterocycles. The van der Waals surface area contributed by atoms with E-state index in [0.717, 1.165) is 5.69 Å². The van der Waals surface area contributed by atoms with Gasteiger partial charge in [0.15, 0.2) is 11.5 Å². The molecule has 0 aromatic heterocycles. The van der Waals surface area contributed by atoms with Crippen LogP contribution in [0.5, 0.6) is 11.5 Å². The molecule has 5 rings (SSSR count). The number of amides is 3. The summed E-state index contributed by atoms with van der Waals surface area (Å²) in [6.07, 6.45) is 0.864. The Balaban J connectivity index is 1.18. The van der Waals surface area contributed by atoms with Crippen molar-refractivity contribution in [3.05, 3.63) is 42.5 Å². The first-order valence-corrected chi connectivity index (χ1v) is 12.7. The van der Waals surface area contributed by atoms with Gasteiger partial charge >= 0.3 is 6.03 Å². The highest BCUT2D eigenvalue weighted by Gasteiger charge is 2.33. The van der Waals surface area contributed by atoms with Crippen molar-refractivity contribution in [1.82, 2.24) is 9.62 Å². The average molecular weight is 487 g/mol. The predicted octanol–water partition coefficient (Wildman–Crippen LogP) is 2.03. The number of urea groups is 1. The standard InChI is InChI=1S/C23H26N4O6S/c28-22(25-17-1-3-18(4-2-17)27-12-9-24-23(27)29)16-7-10-26(11-8-16)34(30,31)19-5-6-20-21(15-19)33-14-13-32-20/h1-6,15-16H,7-14H2,(H,24,29)(H,25,28). The monoisotopic (exact) mass is 486 g/mol. The Morgan fingerprint density at radius 2 is 1.68 bits per heavy atom. The largest absolute Gasteiger partial charge is 0.486 e. The van der Waals surface area contributed by atoms with E-state index in [1.54, 1.807) is 35.2 Å². The van der Waals surface area contributed by atoms with Gasteiger partial charge in [0.25, 0.3) is 0 Å². The second-order valence-electron chi connectivity index (χ2n) is 8.40. The molecule has 0 radical (unpaired) electrons. The third-order valence-electron chi connectivity index (χ3n) is 6.28. The summed E-state index contributed by atoms with van der Waals surface area (Å²) in [7, 11) is -3.69. The van der Waals surface area contributed by atoms with Crippen LogP contribution in [0.3, 0.4) is 0 Å². The Labute approximate surface area is 197 Å². The number of nitrogens with zero attached hydrogens (tertiary/aromatic N) is 2. The number of benzene rings is 2. The zero-order valence-electron chi connectivity index (χ0n) is 18.5. The maximum absolute atomic E-state index is 13.1. The molecule has 0 bridgehead atoms.